The molecule has 1 aliphatic rings. The van der Waals surface area contributed by atoms with Crippen molar-refractivity contribution < 1.29 is 14.3 Å². The maximum absolute atomic E-state index is 12.3. The van der Waals surface area contributed by atoms with Crippen LogP contribution in [0.5, 0.6) is 0 Å². The molecule has 4 aromatic rings. The van der Waals surface area contributed by atoms with E-state index in [0.717, 1.165) is 58.5 Å². The van der Waals surface area contributed by atoms with Gasteiger partial charge in [-0.15, -0.1) is 0 Å². The summed E-state index contributed by atoms with van der Waals surface area (Å²) < 4.78 is 8.48. The van der Waals surface area contributed by atoms with Crippen molar-refractivity contribution in [1.82, 2.24) is 4.57 Å². The number of carboxylic acids is 1. The van der Waals surface area contributed by atoms with E-state index < -0.39 is 11.4 Å². The monoisotopic (exact) mass is 385 g/mol. The van der Waals surface area contributed by atoms with Gasteiger partial charge >= 0.3 is 5.97 Å². The fourth-order valence-electron chi connectivity index (χ4n) is 4.59. The summed E-state index contributed by atoms with van der Waals surface area (Å²) in [4.78, 5) is 12.3. The highest BCUT2D eigenvalue weighted by molar-refractivity contribution is 5.94. The highest BCUT2D eigenvalue weighted by Crippen LogP contribution is 2.48. The largest absolute Gasteiger partial charge is 0.481 e. The maximum atomic E-state index is 12.3. The first kappa shape index (κ1) is 17.8. The molecule has 0 amide bonds. The minimum absolute atomic E-state index is 0.733. The second-order valence-corrected chi connectivity index (χ2v) is 8.25. The molecule has 3 heterocycles. The number of carbonyl (C=O) groups is 1. The zero-order valence-corrected chi connectivity index (χ0v) is 16.6. The molecule has 2 aromatic carbocycles. The molecule has 0 unspecified atom stereocenters. The van der Waals surface area contributed by atoms with E-state index in [0.29, 0.717) is 0 Å². The van der Waals surface area contributed by atoms with Crippen molar-refractivity contribution in [2.24, 2.45) is 0 Å². The minimum Gasteiger partial charge on any atom is -0.481 e. The molecule has 0 spiro atoms. The van der Waals surface area contributed by atoms with Gasteiger partial charge in [0, 0.05) is 34.4 Å². The van der Waals surface area contributed by atoms with Crippen LogP contribution in [0.2, 0.25) is 0 Å². The van der Waals surface area contributed by atoms with Gasteiger partial charge in [-0.1, -0.05) is 48.5 Å². The second-order valence-electron chi connectivity index (χ2n) is 8.25. The van der Waals surface area contributed by atoms with Crippen molar-refractivity contribution >= 4 is 16.9 Å². The van der Waals surface area contributed by atoms with E-state index in [-0.39, 0.29) is 0 Å². The number of nitrogens with zero attached hydrogens (tertiary/aromatic N) is 1. The van der Waals surface area contributed by atoms with Crippen LogP contribution >= 0.6 is 0 Å². The first-order chi connectivity index (χ1) is 14.0. The third-order valence-corrected chi connectivity index (χ3v) is 6.03. The lowest BCUT2D eigenvalue weighted by Gasteiger charge is -2.23. The topological polar surface area (TPSA) is 55.4 Å². The summed E-state index contributed by atoms with van der Waals surface area (Å²) in [5.74, 6) is -0.0991. The van der Waals surface area contributed by atoms with Crippen LogP contribution in [0.1, 0.15) is 31.7 Å². The van der Waals surface area contributed by atoms with Gasteiger partial charge in [-0.2, -0.15) is 0 Å². The first-order valence-corrected chi connectivity index (χ1v) is 10.0. The van der Waals surface area contributed by atoms with E-state index in [9.17, 15) is 9.90 Å². The van der Waals surface area contributed by atoms with Gasteiger partial charge < -0.3 is 14.1 Å². The number of carboxylic acid groups (broad SMARTS) is 1. The van der Waals surface area contributed by atoms with Crippen LogP contribution in [-0.2, 0) is 23.2 Å². The molecule has 29 heavy (non-hydrogen) atoms. The normalized spacial score (nSPS) is 13.7. The molecular weight excluding hydrogens is 362 g/mol. The van der Waals surface area contributed by atoms with Crippen LogP contribution in [0.4, 0.5) is 0 Å². The fraction of sp³-hybridized carbons (Fsp3) is 0.240. The van der Waals surface area contributed by atoms with Crippen molar-refractivity contribution in [1.29, 1.82) is 0 Å². The highest BCUT2D eigenvalue weighted by atomic mass is 16.4. The van der Waals surface area contributed by atoms with Crippen molar-refractivity contribution in [3.63, 3.8) is 0 Å². The fourth-order valence-corrected chi connectivity index (χ4v) is 4.59. The number of hydrogen-bond donors (Lipinski definition) is 1. The van der Waals surface area contributed by atoms with E-state index >= 15 is 0 Å². The standard InChI is InChI=1S/C25H23NO3/c1-25(2,24(27)28)23-22(20-15-17-11-6-7-13-19(17)29-20)21(16-9-4-3-5-10-16)18-12-8-14-26(18)23/h3-7,9-11,13,15H,8,12,14H2,1-2H3,(H,27,28). The highest BCUT2D eigenvalue weighted by Gasteiger charge is 2.40. The van der Waals surface area contributed by atoms with Crippen LogP contribution in [-0.4, -0.2) is 15.6 Å². The smallest absolute Gasteiger partial charge is 0.315 e. The Morgan fingerprint density at radius 2 is 1.76 bits per heavy atom. The number of fused-ring (bicyclic) bond motifs is 2. The SMILES string of the molecule is CC(C)(C(=O)O)c1c(-c2cc3ccccc3o2)c(-c2ccccc2)c2n1CCC2. The van der Waals surface area contributed by atoms with Crippen molar-refractivity contribution in [2.45, 2.75) is 38.6 Å². The lowest BCUT2D eigenvalue weighted by molar-refractivity contribution is -0.142. The van der Waals surface area contributed by atoms with E-state index in [4.69, 9.17) is 4.42 Å². The quantitative estimate of drug-likeness (QED) is 0.477. The predicted molar refractivity (Wildman–Crippen MR) is 114 cm³/mol. The molecule has 0 bridgehead atoms. The van der Waals surface area contributed by atoms with E-state index in [1.807, 2.05) is 48.5 Å². The lowest BCUT2D eigenvalue weighted by Crippen LogP contribution is -2.31. The average Bonchev–Trinajstić information content (AvgIpc) is 3.41. The summed E-state index contributed by atoms with van der Waals surface area (Å²) in [5.41, 5.74) is 4.92. The van der Waals surface area contributed by atoms with E-state index in [1.165, 1.54) is 5.69 Å². The van der Waals surface area contributed by atoms with Crippen molar-refractivity contribution in [3.8, 4) is 22.5 Å². The van der Waals surface area contributed by atoms with E-state index in [1.54, 1.807) is 13.8 Å². The average molecular weight is 385 g/mol. The van der Waals surface area contributed by atoms with Crippen molar-refractivity contribution in [2.75, 3.05) is 0 Å². The summed E-state index contributed by atoms with van der Waals surface area (Å²) in [6.45, 7) is 4.41. The van der Waals surface area contributed by atoms with Crippen LogP contribution in [0, 0.1) is 0 Å². The Kier molecular flexibility index (Phi) is 3.91. The van der Waals surface area contributed by atoms with Gasteiger partial charge in [0.05, 0.1) is 0 Å². The molecule has 0 saturated carbocycles. The molecule has 0 radical (unpaired) electrons. The number of furan rings is 1. The number of para-hydroxylation sites is 1. The second kappa shape index (κ2) is 6.38. The van der Waals surface area contributed by atoms with Gasteiger partial charge in [0.25, 0.3) is 0 Å². The molecule has 4 heteroatoms. The van der Waals surface area contributed by atoms with Gasteiger partial charge in [0.15, 0.2) is 0 Å². The summed E-state index contributed by atoms with van der Waals surface area (Å²) in [6, 6.07) is 20.2. The minimum atomic E-state index is -1.04. The third kappa shape index (κ3) is 2.63. The van der Waals surface area contributed by atoms with Gasteiger partial charge in [-0.05, 0) is 44.4 Å². The molecule has 146 valence electrons. The Bertz CT molecular complexity index is 1190. The molecule has 1 N–H and O–H groups in total. The number of benzene rings is 2. The summed E-state index contributed by atoms with van der Waals surface area (Å²) >= 11 is 0. The Hall–Kier alpha value is -3.27. The maximum Gasteiger partial charge on any atom is 0.315 e. The van der Waals surface area contributed by atoms with Gasteiger partial charge in [-0.25, -0.2) is 0 Å². The molecule has 5 rings (SSSR count). The van der Waals surface area contributed by atoms with Crippen LogP contribution in [0.3, 0.4) is 0 Å². The van der Waals surface area contributed by atoms with Gasteiger partial charge in [-0.3, -0.25) is 4.79 Å². The Morgan fingerprint density at radius 1 is 1.03 bits per heavy atom. The number of rotatable bonds is 4. The number of aliphatic carboxylic acids is 1. The lowest BCUT2D eigenvalue weighted by atomic mass is 9.84. The molecule has 0 atom stereocenters. The van der Waals surface area contributed by atoms with Gasteiger partial charge in [0.1, 0.15) is 16.8 Å². The Balaban J connectivity index is 1.90. The van der Waals surface area contributed by atoms with Crippen molar-refractivity contribution in [3.05, 3.63) is 72.1 Å². The van der Waals surface area contributed by atoms with Crippen LogP contribution in [0.15, 0.2) is 65.1 Å². The zero-order valence-electron chi connectivity index (χ0n) is 16.6. The summed E-state index contributed by atoms with van der Waals surface area (Å²) in [7, 11) is 0. The van der Waals surface area contributed by atoms with Crippen LogP contribution in [0.25, 0.3) is 33.4 Å². The molecule has 2 aromatic heterocycles. The molecule has 0 fully saturated rings. The first-order valence-electron chi connectivity index (χ1n) is 10.0. The molecule has 4 nitrogen and oxygen atoms in total. The Labute approximate surface area is 169 Å². The Morgan fingerprint density at radius 3 is 2.48 bits per heavy atom. The molecule has 0 aliphatic carbocycles. The predicted octanol–water partition coefficient (Wildman–Crippen LogP) is 5.88. The van der Waals surface area contributed by atoms with Gasteiger partial charge in [0.2, 0.25) is 0 Å². The number of aromatic nitrogens is 1. The summed E-state index contributed by atoms with van der Waals surface area (Å²) in [5, 5.41) is 11.1. The molecule has 1 aliphatic heterocycles. The molecule has 0 saturated heterocycles. The van der Waals surface area contributed by atoms with Crippen LogP contribution < -0.4 is 0 Å². The molecular formula is C25H23NO3. The number of hydrogen-bond acceptors (Lipinski definition) is 2. The zero-order chi connectivity index (χ0) is 20.2. The third-order valence-electron chi connectivity index (χ3n) is 6.03. The van der Waals surface area contributed by atoms with E-state index in [2.05, 4.69) is 16.7 Å². The summed E-state index contributed by atoms with van der Waals surface area (Å²) in [6.07, 6.45) is 1.96.